The van der Waals surface area contributed by atoms with Gasteiger partial charge in [0, 0.05) is 17.7 Å². The number of nitrogens with one attached hydrogen (secondary N) is 1. The Kier molecular flexibility index (Phi) is 4.43. The third-order valence-electron chi connectivity index (χ3n) is 2.49. The summed E-state index contributed by atoms with van der Waals surface area (Å²) >= 11 is 0. The molecular weight excluding hydrogens is 204 g/mol. The Morgan fingerprint density at radius 1 is 1.56 bits per heavy atom. The Bertz CT molecular complexity index is 375. The van der Waals surface area contributed by atoms with E-state index in [1.54, 1.807) is 6.20 Å². The van der Waals surface area contributed by atoms with Crippen LogP contribution in [0.3, 0.4) is 0 Å². The second-order valence-corrected chi connectivity index (χ2v) is 4.08. The van der Waals surface area contributed by atoms with Crippen molar-refractivity contribution >= 4 is 5.91 Å². The number of aromatic nitrogens is 1. The van der Waals surface area contributed by atoms with Gasteiger partial charge in [0.25, 0.3) is 0 Å². The molecule has 0 saturated carbocycles. The Hall–Kier alpha value is -1.42. The molecule has 4 heteroatoms. The monoisotopic (exact) mass is 222 g/mol. The number of aliphatic hydroxyl groups excluding tert-OH is 1. The molecule has 0 spiro atoms. The fraction of sp³-hybridized carbons (Fsp3) is 0.500. The third-order valence-corrected chi connectivity index (χ3v) is 2.49. The first-order valence-corrected chi connectivity index (χ1v) is 5.38. The van der Waals surface area contributed by atoms with Crippen molar-refractivity contribution in [1.82, 2.24) is 10.3 Å². The summed E-state index contributed by atoms with van der Waals surface area (Å²) in [6.07, 6.45) is 1.69. The lowest BCUT2D eigenvalue weighted by atomic mass is 10.1. The van der Waals surface area contributed by atoms with E-state index in [2.05, 4.69) is 10.3 Å². The summed E-state index contributed by atoms with van der Waals surface area (Å²) < 4.78 is 0. The average molecular weight is 222 g/mol. The smallest absolute Gasteiger partial charge is 0.222 e. The minimum Gasteiger partial charge on any atom is -0.392 e. The van der Waals surface area contributed by atoms with Gasteiger partial charge < -0.3 is 10.4 Å². The molecule has 2 N–H and O–H groups in total. The minimum absolute atomic E-state index is 0.00723. The topological polar surface area (TPSA) is 62.2 Å². The molecule has 4 nitrogen and oxygen atoms in total. The first-order valence-electron chi connectivity index (χ1n) is 5.38. The van der Waals surface area contributed by atoms with E-state index < -0.39 is 0 Å². The molecule has 0 saturated heterocycles. The third kappa shape index (κ3) is 3.03. The molecule has 1 rings (SSSR count). The van der Waals surface area contributed by atoms with Gasteiger partial charge in [-0.25, -0.2) is 0 Å². The van der Waals surface area contributed by atoms with Crippen LogP contribution in [0.2, 0.25) is 0 Å². The van der Waals surface area contributed by atoms with Crippen LogP contribution in [0.25, 0.3) is 0 Å². The number of carbonyl (C=O) groups is 1. The lowest BCUT2D eigenvalue weighted by Gasteiger charge is -2.11. The second-order valence-electron chi connectivity index (χ2n) is 4.08. The highest BCUT2D eigenvalue weighted by Crippen LogP contribution is 2.11. The highest BCUT2D eigenvalue weighted by molar-refractivity contribution is 5.77. The van der Waals surface area contributed by atoms with Crippen molar-refractivity contribution in [3.63, 3.8) is 0 Å². The summed E-state index contributed by atoms with van der Waals surface area (Å²) in [5.41, 5.74) is 2.52. The number of carbonyl (C=O) groups excluding carboxylic acids is 1. The minimum atomic E-state index is -0.0491. The van der Waals surface area contributed by atoms with Gasteiger partial charge in [-0.15, -0.1) is 0 Å². The SMILES string of the molecule is Cc1ccnc(CNC(=O)C(C)C)c1CO. The zero-order valence-electron chi connectivity index (χ0n) is 9.95. The molecule has 16 heavy (non-hydrogen) atoms. The Morgan fingerprint density at radius 3 is 2.81 bits per heavy atom. The first kappa shape index (κ1) is 12.6. The first-order chi connectivity index (χ1) is 7.56. The number of aliphatic hydroxyl groups is 1. The fourth-order valence-electron chi connectivity index (χ4n) is 1.39. The van der Waals surface area contributed by atoms with Crippen molar-refractivity contribution in [2.24, 2.45) is 5.92 Å². The van der Waals surface area contributed by atoms with Gasteiger partial charge >= 0.3 is 0 Å². The van der Waals surface area contributed by atoms with Crippen LogP contribution in [0.5, 0.6) is 0 Å². The van der Waals surface area contributed by atoms with Gasteiger partial charge in [0.05, 0.1) is 18.8 Å². The molecule has 0 atom stereocenters. The number of aryl methyl sites for hydroxylation is 1. The van der Waals surface area contributed by atoms with Gasteiger partial charge in [-0.3, -0.25) is 9.78 Å². The van der Waals surface area contributed by atoms with Crippen LogP contribution in [0.1, 0.15) is 30.7 Å². The molecule has 0 aromatic carbocycles. The summed E-state index contributed by atoms with van der Waals surface area (Å²) in [7, 11) is 0. The summed E-state index contributed by atoms with van der Waals surface area (Å²) in [5.74, 6) is -0.0467. The number of amides is 1. The van der Waals surface area contributed by atoms with E-state index in [4.69, 9.17) is 0 Å². The van der Waals surface area contributed by atoms with Crippen LogP contribution < -0.4 is 5.32 Å². The molecule has 0 fully saturated rings. The van der Waals surface area contributed by atoms with E-state index in [0.717, 1.165) is 16.8 Å². The quantitative estimate of drug-likeness (QED) is 0.803. The van der Waals surface area contributed by atoms with Crippen LogP contribution in [0, 0.1) is 12.8 Å². The fourth-order valence-corrected chi connectivity index (χ4v) is 1.39. The van der Waals surface area contributed by atoms with Gasteiger partial charge in [0.1, 0.15) is 0 Å². The summed E-state index contributed by atoms with van der Waals surface area (Å²) in [4.78, 5) is 15.6. The van der Waals surface area contributed by atoms with E-state index in [1.807, 2.05) is 26.8 Å². The number of hydrogen-bond acceptors (Lipinski definition) is 3. The zero-order chi connectivity index (χ0) is 12.1. The van der Waals surface area contributed by atoms with Gasteiger partial charge in [0.2, 0.25) is 5.91 Å². The largest absolute Gasteiger partial charge is 0.392 e. The second kappa shape index (κ2) is 5.61. The summed E-state index contributed by atoms with van der Waals surface area (Å²) in [5, 5.41) is 12.0. The molecule has 1 aromatic rings. The highest BCUT2D eigenvalue weighted by atomic mass is 16.3. The molecule has 0 aliphatic carbocycles. The lowest BCUT2D eigenvalue weighted by Crippen LogP contribution is -2.28. The standard InChI is InChI=1S/C12H18N2O2/c1-8(2)12(16)14-6-11-10(7-15)9(3)4-5-13-11/h4-5,8,15H,6-7H2,1-3H3,(H,14,16). The van der Waals surface area contributed by atoms with Crippen molar-refractivity contribution in [1.29, 1.82) is 0 Å². The van der Waals surface area contributed by atoms with Gasteiger partial charge in [-0.2, -0.15) is 0 Å². The summed E-state index contributed by atoms with van der Waals surface area (Å²) in [6.45, 7) is 5.92. The van der Waals surface area contributed by atoms with Crippen LogP contribution in [0.15, 0.2) is 12.3 Å². The number of nitrogens with zero attached hydrogens (tertiary/aromatic N) is 1. The van der Waals surface area contributed by atoms with Gasteiger partial charge in [0.15, 0.2) is 0 Å². The highest BCUT2D eigenvalue weighted by Gasteiger charge is 2.09. The van der Waals surface area contributed by atoms with Gasteiger partial charge in [-0.05, 0) is 18.6 Å². The maximum atomic E-state index is 11.4. The number of hydrogen-bond donors (Lipinski definition) is 2. The molecule has 1 aromatic heterocycles. The van der Waals surface area contributed by atoms with Crippen molar-refractivity contribution in [3.05, 3.63) is 29.1 Å². The molecule has 0 radical (unpaired) electrons. The van der Waals surface area contributed by atoms with Crippen LogP contribution in [0.4, 0.5) is 0 Å². The van der Waals surface area contributed by atoms with E-state index in [1.165, 1.54) is 0 Å². The molecule has 1 amide bonds. The maximum Gasteiger partial charge on any atom is 0.222 e. The normalized spacial score (nSPS) is 10.6. The molecule has 0 aliphatic rings. The van der Waals surface area contributed by atoms with Crippen LogP contribution in [-0.2, 0) is 17.9 Å². The van der Waals surface area contributed by atoms with Crippen LogP contribution >= 0.6 is 0 Å². The van der Waals surface area contributed by atoms with E-state index in [-0.39, 0.29) is 18.4 Å². The molecular formula is C12H18N2O2. The predicted molar refractivity (Wildman–Crippen MR) is 61.6 cm³/mol. The van der Waals surface area contributed by atoms with Crippen molar-refractivity contribution in [2.45, 2.75) is 33.9 Å². The van der Waals surface area contributed by atoms with Gasteiger partial charge in [-0.1, -0.05) is 13.8 Å². The van der Waals surface area contributed by atoms with E-state index >= 15 is 0 Å². The average Bonchev–Trinajstić information content (AvgIpc) is 2.25. The molecule has 0 unspecified atom stereocenters. The number of rotatable bonds is 4. The van der Waals surface area contributed by atoms with Crippen molar-refractivity contribution < 1.29 is 9.90 Å². The molecule has 1 heterocycles. The summed E-state index contributed by atoms with van der Waals surface area (Å²) in [6, 6.07) is 1.85. The van der Waals surface area contributed by atoms with Crippen molar-refractivity contribution in [3.8, 4) is 0 Å². The Labute approximate surface area is 95.7 Å². The lowest BCUT2D eigenvalue weighted by molar-refractivity contribution is -0.124. The number of pyridine rings is 1. The molecule has 88 valence electrons. The maximum absolute atomic E-state index is 11.4. The van der Waals surface area contributed by atoms with E-state index in [0.29, 0.717) is 6.54 Å². The van der Waals surface area contributed by atoms with E-state index in [9.17, 15) is 9.90 Å². The molecule has 0 aliphatic heterocycles. The van der Waals surface area contributed by atoms with Crippen LogP contribution in [-0.4, -0.2) is 16.0 Å². The zero-order valence-corrected chi connectivity index (χ0v) is 9.95. The Morgan fingerprint density at radius 2 is 2.25 bits per heavy atom. The predicted octanol–water partition coefficient (Wildman–Crippen LogP) is 1.15. The Balaban J connectivity index is 2.74. The molecule has 0 bridgehead atoms. The van der Waals surface area contributed by atoms with Crippen molar-refractivity contribution in [2.75, 3.05) is 0 Å².